The van der Waals surface area contributed by atoms with E-state index in [4.69, 9.17) is 9.84 Å². The van der Waals surface area contributed by atoms with E-state index in [0.717, 1.165) is 22.5 Å². The monoisotopic (exact) mass is 427 g/mol. The van der Waals surface area contributed by atoms with E-state index in [1.165, 1.54) is 11.3 Å². The molecule has 0 unspecified atom stereocenters. The second kappa shape index (κ2) is 8.25. The molecule has 156 valence electrons. The summed E-state index contributed by atoms with van der Waals surface area (Å²) in [4.78, 5) is 28.5. The van der Waals surface area contributed by atoms with E-state index in [-0.39, 0.29) is 31.4 Å². The van der Waals surface area contributed by atoms with Gasteiger partial charge in [-0.25, -0.2) is 4.98 Å². The van der Waals surface area contributed by atoms with E-state index < -0.39 is 0 Å². The molecule has 0 atom stereocenters. The van der Waals surface area contributed by atoms with E-state index >= 15 is 0 Å². The average Bonchev–Trinajstić information content (AvgIpc) is 3.28. The highest BCUT2D eigenvalue weighted by molar-refractivity contribution is 7.14. The van der Waals surface area contributed by atoms with Crippen molar-refractivity contribution in [2.24, 2.45) is 0 Å². The molecule has 0 bridgehead atoms. The summed E-state index contributed by atoms with van der Waals surface area (Å²) in [5.74, 6) is 0.241. The Labute approximate surface area is 176 Å². The zero-order chi connectivity index (χ0) is 21.3. The van der Waals surface area contributed by atoms with Gasteiger partial charge in [-0.15, -0.1) is 11.3 Å². The Hall–Kier alpha value is -3.24. The first-order valence-corrected chi connectivity index (χ1v) is 10.3. The lowest BCUT2D eigenvalue weighted by molar-refractivity contribution is -0.118. The van der Waals surface area contributed by atoms with Crippen molar-refractivity contribution in [1.29, 1.82) is 0 Å². The Kier molecular flexibility index (Phi) is 5.51. The average molecular weight is 427 g/mol. The molecule has 0 fully saturated rings. The van der Waals surface area contributed by atoms with Crippen LogP contribution in [0.3, 0.4) is 0 Å². The maximum atomic E-state index is 12.5. The molecule has 3 aromatic rings. The number of benzene rings is 1. The predicted molar refractivity (Wildman–Crippen MR) is 113 cm³/mol. The summed E-state index contributed by atoms with van der Waals surface area (Å²) in [6.07, 6.45) is 0.181. The highest BCUT2D eigenvalue weighted by Gasteiger charge is 2.18. The topological polar surface area (TPSA) is 118 Å². The van der Waals surface area contributed by atoms with Gasteiger partial charge in [-0.1, -0.05) is 0 Å². The number of aryl methyl sites for hydroxylation is 1. The maximum absolute atomic E-state index is 12.5. The van der Waals surface area contributed by atoms with Crippen LogP contribution in [0.4, 0.5) is 10.8 Å². The number of nitrogens with zero attached hydrogens (tertiary/aromatic N) is 3. The number of aromatic nitrogens is 3. The van der Waals surface area contributed by atoms with Gasteiger partial charge in [0.25, 0.3) is 5.91 Å². The molecule has 0 aliphatic carbocycles. The molecule has 10 heteroatoms. The van der Waals surface area contributed by atoms with Gasteiger partial charge in [-0.2, -0.15) is 5.10 Å². The van der Waals surface area contributed by atoms with Crippen molar-refractivity contribution in [2.45, 2.75) is 26.8 Å². The van der Waals surface area contributed by atoms with Crippen molar-refractivity contribution in [2.75, 3.05) is 23.8 Å². The van der Waals surface area contributed by atoms with Crippen LogP contribution in [0.2, 0.25) is 0 Å². The normalized spacial score (nSPS) is 12.8. The number of hydrogen-bond acceptors (Lipinski definition) is 7. The third kappa shape index (κ3) is 4.05. The molecular formula is C20H21N5O4S. The van der Waals surface area contributed by atoms with Crippen LogP contribution in [-0.4, -0.2) is 44.9 Å². The molecule has 1 aromatic carbocycles. The van der Waals surface area contributed by atoms with Crippen LogP contribution in [0, 0.1) is 13.8 Å². The summed E-state index contributed by atoms with van der Waals surface area (Å²) in [7, 11) is 0. The Morgan fingerprint density at radius 3 is 3.03 bits per heavy atom. The van der Waals surface area contributed by atoms with Crippen molar-refractivity contribution in [1.82, 2.24) is 14.8 Å². The molecule has 0 saturated carbocycles. The van der Waals surface area contributed by atoms with Crippen molar-refractivity contribution >= 4 is 34.0 Å². The largest absolute Gasteiger partial charge is 0.482 e. The van der Waals surface area contributed by atoms with E-state index in [0.29, 0.717) is 28.8 Å². The molecule has 2 aromatic heterocycles. The van der Waals surface area contributed by atoms with Gasteiger partial charge in [0.1, 0.15) is 5.75 Å². The maximum Gasteiger partial charge on any atom is 0.262 e. The Bertz CT molecular complexity index is 1120. The van der Waals surface area contributed by atoms with Gasteiger partial charge in [0.05, 0.1) is 36.6 Å². The van der Waals surface area contributed by atoms with Gasteiger partial charge in [0, 0.05) is 22.2 Å². The molecule has 4 rings (SSSR count). The Morgan fingerprint density at radius 2 is 2.23 bits per heavy atom. The lowest BCUT2D eigenvalue weighted by atomic mass is 10.1. The quantitative estimate of drug-likeness (QED) is 0.555. The van der Waals surface area contributed by atoms with Crippen LogP contribution in [0.15, 0.2) is 23.6 Å². The van der Waals surface area contributed by atoms with E-state index in [9.17, 15) is 9.59 Å². The fraction of sp³-hybridized carbons (Fsp3) is 0.300. The number of nitrogens with one attached hydrogen (secondary N) is 2. The van der Waals surface area contributed by atoms with Crippen LogP contribution in [0.5, 0.6) is 5.75 Å². The molecule has 2 amide bonds. The van der Waals surface area contributed by atoms with Crippen LogP contribution < -0.4 is 15.4 Å². The van der Waals surface area contributed by atoms with Crippen LogP contribution in [-0.2, 0) is 22.6 Å². The number of thiazole rings is 1. The number of rotatable bonds is 6. The fourth-order valence-corrected chi connectivity index (χ4v) is 4.07. The molecule has 1 aliphatic rings. The lowest BCUT2D eigenvalue weighted by Gasteiger charge is -2.18. The van der Waals surface area contributed by atoms with Crippen molar-refractivity contribution in [3.05, 3.63) is 40.5 Å². The van der Waals surface area contributed by atoms with Crippen molar-refractivity contribution in [3.8, 4) is 17.0 Å². The smallest absolute Gasteiger partial charge is 0.262 e. The fourth-order valence-electron chi connectivity index (χ4n) is 3.33. The Morgan fingerprint density at radius 1 is 1.40 bits per heavy atom. The molecular weight excluding hydrogens is 406 g/mol. The molecule has 0 saturated heterocycles. The zero-order valence-electron chi connectivity index (χ0n) is 16.6. The minimum atomic E-state index is -0.196. The molecule has 30 heavy (non-hydrogen) atoms. The highest BCUT2D eigenvalue weighted by Crippen LogP contribution is 2.33. The molecule has 3 heterocycles. The van der Waals surface area contributed by atoms with Crippen LogP contribution in [0.25, 0.3) is 11.3 Å². The zero-order valence-corrected chi connectivity index (χ0v) is 17.4. The number of fused-ring (bicyclic) bond motifs is 1. The van der Waals surface area contributed by atoms with Gasteiger partial charge >= 0.3 is 0 Å². The number of anilines is 2. The summed E-state index contributed by atoms with van der Waals surface area (Å²) in [5, 5.41) is 21.4. The first-order chi connectivity index (χ1) is 14.4. The number of carbonyl (C=O) groups is 2. The minimum absolute atomic E-state index is 0.00596. The van der Waals surface area contributed by atoms with E-state index in [1.807, 2.05) is 25.3 Å². The number of aliphatic hydroxyl groups is 1. The van der Waals surface area contributed by atoms with Crippen LogP contribution >= 0.6 is 11.3 Å². The molecule has 3 N–H and O–H groups in total. The van der Waals surface area contributed by atoms with E-state index in [1.54, 1.807) is 16.8 Å². The molecule has 1 aliphatic heterocycles. The van der Waals surface area contributed by atoms with E-state index in [2.05, 4.69) is 20.7 Å². The predicted octanol–water partition coefficient (Wildman–Crippen LogP) is 2.13. The number of aliphatic hydroxyl groups excluding tert-OH is 1. The SMILES string of the molecule is Cc1nn(CCO)c(C)c1CC(=O)Nc1nc(-c2ccc3c(c2)NC(=O)CO3)cs1. The van der Waals surface area contributed by atoms with Crippen molar-refractivity contribution in [3.63, 3.8) is 0 Å². The first kappa shape index (κ1) is 20.0. The molecule has 0 spiro atoms. The van der Waals surface area contributed by atoms with Gasteiger partial charge in [0.2, 0.25) is 5.91 Å². The highest BCUT2D eigenvalue weighted by atomic mass is 32.1. The number of hydrogen-bond donors (Lipinski definition) is 3. The van der Waals surface area contributed by atoms with Gasteiger partial charge in [-0.05, 0) is 32.0 Å². The van der Waals surface area contributed by atoms with Crippen LogP contribution in [0.1, 0.15) is 17.0 Å². The molecule has 9 nitrogen and oxygen atoms in total. The first-order valence-electron chi connectivity index (χ1n) is 9.41. The second-order valence-electron chi connectivity index (χ2n) is 6.91. The third-order valence-electron chi connectivity index (χ3n) is 4.84. The summed E-state index contributed by atoms with van der Waals surface area (Å²) >= 11 is 1.33. The minimum Gasteiger partial charge on any atom is -0.482 e. The standard InChI is InChI=1S/C20H21N5O4S/c1-11-14(12(2)25(24-11)5-6-26)8-18(27)23-20-22-16(10-30-20)13-3-4-17-15(7-13)21-19(28)9-29-17/h3-4,7,10,26H,5-6,8-9H2,1-2H3,(H,21,28)(H,22,23,27). The summed E-state index contributed by atoms with van der Waals surface area (Å²) < 4.78 is 7.08. The van der Waals surface area contributed by atoms with Gasteiger partial charge in [-0.3, -0.25) is 14.3 Å². The molecule has 0 radical (unpaired) electrons. The van der Waals surface area contributed by atoms with Crippen molar-refractivity contribution < 1.29 is 19.4 Å². The second-order valence-corrected chi connectivity index (χ2v) is 7.76. The summed E-state index contributed by atoms with van der Waals surface area (Å²) in [6.45, 7) is 4.14. The number of ether oxygens (including phenoxy) is 1. The Balaban J connectivity index is 1.46. The lowest BCUT2D eigenvalue weighted by Crippen LogP contribution is -2.25. The third-order valence-corrected chi connectivity index (χ3v) is 5.60. The van der Waals surface area contributed by atoms with Gasteiger partial charge in [0.15, 0.2) is 11.7 Å². The number of amides is 2. The van der Waals surface area contributed by atoms with Gasteiger partial charge < -0.3 is 20.5 Å². The summed E-state index contributed by atoms with van der Waals surface area (Å²) in [5.41, 5.74) is 4.61. The number of carbonyl (C=O) groups excluding carboxylic acids is 2. The summed E-state index contributed by atoms with van der Waals surface area (Å²) in [6, 6.07) is 5.45.